The summed E-state index contributed by atoms with van der Waals surface area (Å²) in [5.74, 6) is -0.171. The van der Waals surface area contributed by atoms with Crippen molar-refractivity contribution in [3.8, 4) is 23.0 Å². The maximum absolute atomic E-state index is 14.4. The second kappa shape index (κ2) is 14.2. The molecule has 0 saturated heterocycles. The Kier molecular flexibility index (Phi) is 9.71. The molecular weight excluding hydrogens is 748 g/mol. The molecule has 51 heavy (non-hydrogen) atoms. The van der Waals surface area contributed by atoms with Gasteiger partial charge in [-0.25, -0.2) is 9.79 Å². The number of thiazole rings is 1. The van der Waals surface area contributed by atoms with Gasteiger partial charge in [-0.3, -0.25) is 29.6 Å². The molecule has 5 aromatic rings. The molecule has 0 radical (unpaired) electrons. The van der Waals surface area contributed by atoms with Crippen LogP contribution in [0.4, 0.5) is 11.4 Å². The van der Waals surface area contributed by atoms with Crippen LogP contribution in [0, 0.1) is 20.2 Å². The van der Waals surface area contributed by atoms with E-state index in [1.807, 2.05) is 30.3 Å². The van der Waals surface area contributed by atoms with Crippen molar-refractivity contribution >= 4 is 61.5 Å². The van der Waals surface area contributed by atoms with Crippen LogP contribution >= 0.6 is 27.3 Å². The SMILES string of the molecule is CCOC(=O)C1=C(C)N=c2s/c(=C\c3cc(Br)c(Oc4ccc([N+](=O)[O-])cc4[N+](=O)[O-])c(OC)c3)c(=O)n2[C@H]1c1c(OC)ccc2ccccc12. The molecular formula is C35H27BrN4O10S. The van der Waals surface area contributed by atoms with Gasteiger partial charge < -0.3 is 18.9 Å². The number of nitrogens with zero attached hydrogens (tertiary/aromatic N) is 4. The third kappa shape index (κ3) is 6.46. The molecule has 0 unspecified atom stereocenters. The molecule has 260 valence electrons. The van der Waals surface area contributed by atoms with Gasteiger partial charge in [-0.2, -0.15) is 0 Å². The van der Waals surface area contributed by atoms with E-state index in [2.05, 4.69) is 20.9 Å². The van der Waals surface area contributed by atoms with Gasteiger partial charge in [0, 0.05) is 11.6 Å². The Morgan fingerprint density at radius 2 is 1.73 bits per heavy atom. The lowest BCUT2D eigenvalue weighted by Crippen LogP contribution is -2.40. The van der Waals surface area contributed by atoms with Crippen LogP contribution in [0.25, 0.3) is 16.8 Å². The predicted molar refractivity (Wildman–Crippen MR) is 191 cm³/mol. The van der Waals surface area contributed by atoms with E-state index in [0.29, 0.717) is 31.8 Å². The summed E-state index contributed by atoms with van der Waals surface area (Å²) in [5.41, 5.74) is 0.192. The molecule has 2 heterocycles. The van der Waals surface area contributed by atoms with Crippen molar-refractivity contribution in [2.24, 2.45) is 4.99 Å². The quantitative estimate of drug-likeness (QED) is 0.0885. The monoisotopic (exact) mass is 774 g/mol. The van der Waals surface area contributed by atoms with Crippen molar-refractivity contribution in [3.05, 3.63) is 134 Å². The van der Waals surface area contributed by atoms with Crippen LogP contribution in [0.3, 0.4) is 0 Å². The second-order valence-corrected chi connectivity index (χ2v) is 12.9. The minimum Gasteiger partial charge on any atom is -0.496 e. The lowest BCUT2D eigenvalue weighted by atomic mass is 9.90. The zero-order valence-corrected chi connectivity index (χ0v) is 29.8. The Morgan fingerprint density at radius 3 is 2.41 bits per heavy atom. The topological polar surface area (TPSA) is 175 Å². The fourth-order valence-electron chi connectivity index (χ4n) is 5.83. The molecule has 0 bridgehead atoms. The molecule has 0 saturated carbocycles. The molecule has 1 aliphatic rings. The number of aromatic nitrogens is 1. The molecule has 0 fully saturated rings. The molecule has 1 aromatic heterocycles. The number of methoxy groups -OCH3 is 2. The zero-order valence-electron chi connectivity index (χ0n) is 27.4. The number of carbonyl (C=O) groups excluding carboxylic acids is 1. The van der Waals surface area contributed by atoms with Crippen LogP contribution in [-0.2, 0) is 9.53 Å². The van der Waals surface area contributed by atoms with Gasteiger partial charge in [0.05, 0.1) is 57.0 Å². The standard InChI is InChI=1S/C35H27BrN4O10S/c1-5-49-34(42)29-18(2)37-35-38(31(29)30-22-9-7-6-8-20(22)10-12-26(30)47-3)33(41)28(51-35)16-19-14-23(36)32(27(15-19)48-4)50-25-13-11-21(39(43)44)17-24(25)40(45)46/h6-17,31H,5H2,1-4H3/b28-16-/t31-/m1/s1. The van der Waals surface area contributed by atoms with E-state index in [9.17, 15) is 29.8 Å². The lowest BCUT2D eigenvalue weighted by Gasteiger charge is -2.27. The average Bonchev–Trinajstić information content (AvgIpc) is 3.41. The first kappa shape index (κ1) is 35.0. The first-order valence-electron chi connectivity index (χ1n) is 15.2. The fourth-order valence-corrected chi connectivity index (χ4v) is 7.42. The number of nitro benzene ring substituents is 2. The van der Waals surface area contributed by atoms with Crippen LogP contribution < -0.4 is 29.1 Å². The zero-order chi connectivity index (χ0) is 36.6. The van der Waals surface area contributed by atoms with Gasteiger partial charge in [-0.1, -0.05) is 41.7 Å². The summed E-state index contributed by atoms with van der Waals surface area (Å²) < 4.78 is 24.7. The van der Waals surface area contributed by atoms with Gasteiger partial charge >= 0.3 is 11.7 Å². The number of esters is 1. The van der Waals surface area contributed by atoms with Crippen LogP contribution in [0.2, 0.25) is 0 Å². The third-order valence-corrected chi connectivity index (χ3v) is 9.62. The average molecular weight is 776 g/mol. The van der Waals surface area contributed by atoms with Gasteiger partial charge in [0.15, 0.2) is 16.3 Å². The molecule has 16 heteroatoms. The fraction of sp³-hybridized carbons (Fsp3) is 0.171. The number of nitro groups is 2. The predicted octanol–water partition coefficient (Wildman–Crippen LogP) is 6.34. The molecule has 1 atom stereocenters. The number of rotatable bonds is 10. The van der Waals surface area contributed by atoms with Crippen molar-refractivity contribution in [1.29, 1.82) is 0 Å². The van der Waals surface area contributed by atoms with Crippen LogP contribution in [0.1, 0.15) is 31.0 Å². The molecule has 0 amide bonds. The van der Waals surface area contributed by atoms with Crippen LogP contribution in [0.5, 0.6) is 23.0 Å². The molecule has 1 aliphatic heterocycles. The molecule has 6 rings (SSSR count). The summed E-state index contributed by atoms with van der Waals surface area (Å²) in [7, 11) is 2.89. The minimum absolute atomic E-state index is 0.0609. The smallest absolute Gasteiger partial charge is 0.338 e. The van der Waals surface area contributed by atoms with Crippen molar-refractivity contribution in [1.82, 2.24) is 4.57 Å². The Hall–Kier alpha value is -5.87. The summed E-state index contributed by atoms with van der Waals surface area (Å²) >= 11 is 4.56. The summed E-state index contributed by atoms with van der Waals surface area (Å²) in [4.78, 5) is 54.3. The van der Waals surface area contributed by atoms with E-state index >= 15 is 0 Å². The number of allylic oxidation sites excluding steroid dienone is 1. The summed E-state index contributed by atoms with van der Waals surface area (Å²) in [6.45, 7) is 3.52. The van der Waals surface area contributed by atoms with E-state index in [4.69, 9.17) is 18.9 Å². The Labute approximate surface area is 300 Å². The third-order valence-electron chi connectivity index (χ3n) is 8.05. The van der Waals surface area contributed by atoms with E-state index in [1.54, 1.807) is 38.1 Å². The number of ether oxygens (including phenoxy) is 4. The number of non-ortho nitro benzene ring substituents is 1. The number of fused-ring (bicyclic) bond motifs is 2. The largest absolute Gasteiger partial charge is 0.496 e. The number of benzene rings is 4. The van der Waals surface area contributed by atoms with Crippen molar-refractivity contribution in [2.75, 3.05) is 20.8 Å². The van der Waals surface area contributed by atoms with E-state index in [0.717, 1.165) is 40.3 Å². The second-order valence-electron chi connectivity index (χ2n) is 11.0. The van der Waals surface area contributed by atoms with Crippen molar-refractivity contribution < 1.29 is 33.6 Å². The van der Waals surface area contributed by atoms with Gasteiger partial charge in [0.1, 0.15) is 11.8 Å². The molecule has 0 aliphatic carbocycles. The molecule has 4 aromatic carbocycles. The van der Waals surface area contributed by atoms with E-state index < -0.39 is 38.8 Å². The number of hydrogen-bond donors (Lipinski definition) is 0. The highest BCUT2D eigenvalue weighted by molar-refractivity contribution is 9.10. The first-order chi connectivity index (χ1) is 24.5. The maximum Gasteiger partial charge on any atom is 0.338 e. The molecule has 0 N–H and O–H groups in total. The summed E-state index contributed by atoms with van der Waals surface area (Å²) in [6, 6.07) is 16.6. The van der Waals surface area contributed by atoms with Crippen LogP contribution in [0.15, 0.2) is 92.3 Å². The van der Waals surface area contributed by atoms with E-state index in [1.165, 1.54) is 18.8 Å². The highest BCUT2D eigenvalue weighted by Crippen LogP contribution is 2.43. The highest BCUT2D eigenvalue weighted by atomic mass is 79.9. The van der Waals surface area contributed by atoms with Gasteiger partial charge in [0.25, 0.3) is 11.2 Å². The summed E-state index contributed by atoms with van der Waals surface area (Å²) in [5, 5.41) is 24.6. The summed E-state index contributed by atoms with van der Waals surface area (Å²) in [6.07, 6.45) is 1.62. The number of halogens is 1. The number of carbonyl (C=O) groups is 1. The maximum atomic E-state index is 14.4. The van der Waals surface area contributed by atoms with Gasteiger partial charge in [0.2, 0.25) is 5.75 Å². The van der Waals surface area contributed by atoms with Gasteiger partial charge in [-0.15, -0.1) is 0 Å². The Balaban J connectivity index is 1.51. The van der Waals surface area contributed by atoms with Crippen molar-refractivity contribution in [3.63, 3.8) is 0 Å². The molecule has 14 nitrogen and oxygen atoms in total. The Bertz CT molecular complexity index is 2490. The van der Waals surface area contributed by atoms with E-state index in [-0.39, 0.29) is 34.0 Å². The number of hydrogen-bond acceptors (Lipinski definition) is 12. The van der Waals surface area contributed by atoms with Crippen molar-refractivity contribution in [2.45, 2.75) is 19.9 Å². The van der Waals surface area contributed by atoms with Crippen LogP contribution in [-0.4, -0.2) is 41.2 Å². The Morgan fingerprint density at radius 1 is 1.00 bits per heavy atom. The first-order valence-corrected chi connectivity index (χ1v) is 16.8. The van der Waals surface area contributed by atoms with Gasteiger partial charge in [-0.05, 0) is 76.5 Å². The lowest BCUT2D eigenvalue weighted by molar-refractivity contribution is -0.394. The highest BCUT2D eigenvalue weighted by Gasteiger charge is 2.36. The normalized spacial score (nSPS) is 14.1. The minimum atomic E-state index is -0.932. The molecule has 0 spiro atoms.